The van der Waals surface area contributed by atoms with Gasteiger partial charge in [-0.1, -0.05) is 237 Å². The molecule has 0 heterocycles. The lowest BCUT2D eigenvalue weighted by atomic mass is 9.97. The molecule has 13 aromatic carbocycles. The van der Waals surface area contributed by atoms with Crippen LogP contribution in [0.2, 0.25) is 0 Å². The summed E-state index contributed by atoms with van der Waals surface area (Å²) in [5.41, 5.74) is 20.7. The predicted octanol–water partition coefficient (Wildman–Crippen LogP) is 20.9. The summed E-state index contributed by atoms with van der Waals surface area (Å²) >= 11 is 0. The molecule has 0 spiro atoms. The third-order valence-electron chi connectivity index (χ3n) is 14.7. The normalized spacial score (nSPS) is 11.2. The van der Waals surface area contributed by atoms with Crippen molar-refractivity contribution in [1.82, 2.24) is 0 Å². The largest absolute Gasteiger partial charge is 0.311 e. The van der Waals surface area contributed by atoms with Gasteiger partial charge in [-0.3, -0.25) is 0 Å². The van der Waals surface area contributed by atoms with Gasteiger partial charge in [-0.25, -0.2) is 0 Å². The molecule has 0 unspecified atom stereocenters. The van der Waals surface area contributed by atoms with E-state index in [1.807, 2.05) is 0 Å². The third-order valence-corrected chi connectivity index (χ3v) is 14.7. The quantitative estimate of drug-likeness (QED) is 0.120. The van der Waals surface area contributed by atoms with E-state index in [1.165, 1.54) is 66.1 Å². The maximum absolute atomic E-state index is 2.38. The van der Waals surface area contributed by atoms with Crippen LogP contribution >= 0.6 is 0 Å². The summed E-state index contributed by atoms with van der Waals surface area (Å²) < 4.78 is 0. The Kier molecular flexibility index (Phi) is 12.3. The number of hydrogen-bond acceptors (Lipinski definition) is 2. The van der Waals surface area contributed by atoms with Crippen molar-refractivity contribution in [3.63, 3.8) is 0 Å². The molecule has 0 N–H and O–H groups in total. The zero-order chi connectivity index (χ0) is 50.6. The smallest absolute Gasteiger partial charge is 0.0473 e. The van der Waals surface area contributed by atoms with E-state index in [0.29, 0.717) is 0 Å². The highest BCUT2D eigenvalue weighted by Gasteiger charge is 2.19. The SMILES string of the molecule is c1ccc(-c2ccc(N(c3ccc(-c4ccc(N(c5ccc(-c6cccc7ccccc67)cc5)c5ccc(-c6cccc7ccccc67)cc5)cc4)cc3)c3cc(-c4ccccc4)cc(-c4ccccc4)c3)cc2)cc1. The molecule has 0 aliphatic carbocycles. The van der Waals surface area contributed by atoms with Crippen LogP contribution in [0.15, 0.2) is 315 Å². The highest BCUT2D eigenvalue weighted by Crippen LogP contribution is 2.43. The van der Waals surface area contributed by atoms with Crippen LogP contribution in [0, 0.1) is 0 Å². The van der Waals surface area contributed by atoms with E-state index in [2.05, 4.69) is 325 Å². The molecular weight excluding hydrogens is 917 g/mol. The van der Waals surface area contributed by atoms with Gasteiger partial charge in [-0.2, -0.15) is 0 Å². The van der Waals surface area contributed by atoms with Crippen molar-refractivity contribution in [1.29, 1.82) is 0 Å². The van der Waals surface area contributed by atoms with Gasteiger partial charge in [0.15, 0.2) is 0 Å². The van der Waals surface area contributed by atoms with Crippen molar-refractivity contribution in [2.24, 2.45) is 0 Å². The fourth-order valence-corrected chi connectivity index (χ4v) is 10.8. The number of rotatable bonds is 12. The second kappa shape index (κ2) is 20.5. The minimum atomic E-state index is 1.07. The summed E-state index contributed by atoms with van der Waals surface area (Å²) in [5, 5.41) is 4.98. The van der Waals surface area contributed by atoms with E-state index in [1.54, 1.807) is 0 Å². The van der Waals surface area contributed by atoms with E-state index in [9.17, 15) is 0 Å². The van der Waals surface area contributed by atoms with Crippen molar-refractivity contribution in [3.05, 3.63) is 315 Å². The Balaban J connectivity index is 0.863. The molecule has 0 saturated carbocycles. The molecule has 0 atom stereocenters. The van der Waals surface area contributed by atoms with Gasteiger partial charge < -0.3 is 9.80 Å². The molecule has 0 saturated heterocycles. The van der Waals surface area contributed by atoms with Gasteiger partial charge in [0, 0.05) is 34.1 Å². The first kappa shape index (κ1) is 45.8. The molecular formula is C74H52N2. The van der Waals surface area contributed by atoms with Gasteiger partial charge in [0.25, 0.3) is 0 Å². The fraction of sp³-hybridized carbons (Fsp3) is 0. The van der Waals surface area contributed by atoms with E-state index < -0.39 is 0 Å². The van der Waals surface area contributed by atoms with Crippen molar-refractivity contribution in [2.75, 3.05) is 9.80 Å². The topological polar surface area (TPSA) is 6.48 Å². The van der Waals surface area contributed by atoms with Gasteiger partial charge in [0.05, 0.1) is 0 Å². The molecule has 358 valence electrons. The van der Waals surface area contributed by atoms with Crippen LogP contribution in [0.4, 0.5) is 34.1 Å². The molecule has 0 radical (unpaired) electrons. The first-order valence-electron chi connectivity index (χ1n) is 26.1. The number of nitrogens with zero attached hydrogens (tertiary/aromatic N) is 2. The van der Waals surface area contributed by atoms with E-state index in [-0.39, 0.29) is 0 Å². The van der Waals surface area contributed by atoms with Crippen LogP contribution in [-0.2, 0) is 0 Å². The number of anilines is 6. The third kappa shape index (κ3) is 9.21. The summed E-state index contributed by atoms with van der Waals surface area (Å²) in [6, 6.07) is 114. The van der Waals surface area contributed by atoms with Crippen LogP contribution in [0.3, 0.4) is 0 Å². The molecule has 2 heteroatoms. The highest BCUT2D eigenvalue weighted by molar-refractivity contribution is 5.98. The number of hydrogen-bond donors (Lipinski definition) is 0. The van der Waals surface area contributed by atoms with Crippen LogP contribution in [0.25, 0.3) is 88.3 Å². The molecule has 0 aliphatic heterocycles. The summed E-state index contributed by atoms with van der Waals surface area (Å²) in [5.74, 6) is 0. The summed E-state index contributed by atoms with van der Waals surface area (Å²) in [4.78, 5) is 4.75. The van der Waals surface area contributed by atoms with Gasteiger partial charge in [0.2, 0.25) is 0 Å². The van der Waals surface area contributed by atoms with E-state index >= 15 is 0 Å². The van der Waals surface area contributed by atoms with E-state index in [0.717, 1.165) is 56.4 Å². The highest BCUT2D eigenvalue weighted by atomic mass is 15.1. The lowest BCUT2D eigenvalue weighted by Crippen LogP contribution is -2.10. The Morgan fingerprint density at radius 1 is 0.158 bits per heavy atom. The summed E-state index contributed by atoms with van der Waals surface area (Å²) in [7, 11) is 0. The minimum Gasteiger partial charge on any atom is -0.311 e. The summed E-state index contributed by atoms with van der Waals surface area (Å²) in [6.45, 7) is 0. The second-order valence-corrected chi connectivity index (χ2v) is 19.3. The van der Waals surface area contributed by atoms with Crippen molar-refractivity contribution in [2.45, 2.75) is 0 Å². The molecule has 76 heavy (non-hydrogen) atoms. The number of benzene rings is 13. The fourth-order valence-electron chi connectivity index (χ4n) is 10.8. The summed E-state index contributed by atoms with van der Waals surface area (Å²) in [6.07, 6.45) is 0. The Labute approximate surface area is 445 Å². The van der Waals surface area contributed by atoms with Gasteiger partial charge in [-0.15, -0.1) is 0 Å². The molecule has 2 nitrogen and oxygen atoms in total. The average molecular weight is 969 g/mol. The van der Waals surface area contributed by atoms with Crippen molar-refractivity contribution >= 4 is 55.7 Å². The maximum Gasteiger partial charge on any atom is 0.0473 e. The zero-order valence-electron chi connectivity index (χ0n) is 41.9. The maximum atomic E-state index is 2.38. The molecule has 13 aromatic rings. The lowest BCUT2D eigenvalue weighted by molar-refractivity contribution is 1.28. The molecule has 0 fully saturated rings. The van der Waals surface area contributed by atoms with Crippen LogP contribution in [-0.4, -0.2) is 0 Å². The Morgan fingerprint density at radius 3 is 0.776 bits per heavy atom. The molecule has 0 bridgehead atoms. The van der Waals surface area contributed by atoms with Gasteiger partial charge in [0.1, 0.15) is 0 Å². The van der Waals surface area contributed by atoms with E-state index in [4.69, 9.17) is 0 Å². The Bertz CT molecular complexity index is 3900. The zero-order valence-corrected chi connectivity index (χ0v) is 41.9. The molecule has 0 amide bonds. The second-order valence-electron chi connectivity index (χ2n) is 19.3. The van der Waals surface area contributed by atoms with Gasteiger partial charge in [-0.05, 0) is 167 Å². The van der Waals surface area contributed by atoms with Crippen LogP contribution in [0.1, 0.15) is 0 Å². The number of fused-ring (bicyclic) bond motifs is 2. The standard InChI is InChI=1S/C74H52N2/c1-4-16-53(17-5-1)56-30-42-68(43-31-56)76(70-51-63(54-18-6-2-7-19-54)50-64(52-70)55-20-8-3-9-21-55)69-44-34-58(35-45-69)57-32-40-65(41-33-57)75(66-46-36-61(37-47-66)73-28-14-24-59-22-10-12-26-71(59)73)67-48-38-62(39-49-67)74-29-15-25-60-23-11-13-27-72(60)74/h1-52H. The molecule has 13 rings (SSSR count). The molecule has 0 aliphatic rings. The minimum absolute atomic E-state index is 1.07. The first-order valence-corrected chi connectivity index (χ1v) is 26.1. The molecule has 0 aromatic heterocycles. The lowest BCUT2D eigenvalue weighted by Gasteiger charge is -2.27. The average Bonchev–Trinajstić information content (AvgIpc) is 3.51. The first-order chi connectivity index (χ1) is 37.7. The van der Waals surface area contributed by atoms with Crippen molar-refractivity contribution in [3.8, 4) is 66.8 Å². The van der Waals surface area contributed by atoms with Gasteiger partial charge >= 0.3 is 0 Å². The van der Waals surface area contributed by atoms with Crippen LogP contribution < -0.4 is 9.80 Å². The van der Waals surface area contributed by atoms with Crippen molar-refractivity contribution < 1.29 is 0 Å². The van der Waals surface area contributed by atoms with Crippen LogP contribution in [0.5, 0.6) is 0 Å². The Morgan fingerprint density at radius 2 is 0.421 bits per heavy atom. The monoisotopic (exact) mass is 968 g/mol. The Hall–Kier alpha value is -10.0. The predicted molar refractivity (Wildman–Crippen MR) is 323 cm³/mol.